The first-order valence-corrected chi connectivity index (χ1v) is 10.9. The highest BCUT2D eigenvalue weighted by atomic mass is 32.2. The fourth-order valence-corrected chi connectivity index (χ4v) is 4.22. The summed E-state index contributed by atoms with van der Waals surface area (Å²) in [4.78, 5) is 17.1. The minimum absolute atomic E-state index is 0.0384. The van der Waals surface area contributed by atoms with Gasteiger partial charge in [-0.1, -0.05) is 25.1 Å². The zero-order valence-electron chi connectivity index (χ0n) is 16.0. The fourth-order valence-electron chi connectivity index (χ4n) is 3.10. The van der Waals surface area contributed by atoms with Crippen LogP contribution in [0.25, 0.3) is 11.0 Å². The second kappa shape index (κ2) is 8.43. The van der Waals surface area contributed by atoms with E-state index < -0.39 is 10.0 Å². The molecule has 8 heteroatoms. The molecular weight excluding hydrogens is 376 g/mol. The predicted molar refractivity (Wildman–Crippen MR) is 111 cm³/mol. The number of sulfonamides is 1. The van der Waals surface area contributed by atoms with E-state index in [9.17, 15) is 13.2 Å². The van der Waals surface area contributed by atoms with Crippen molar-refractivity contribution in [1.82, 2.24) is 14.9 Å². The van der Waals surface area contributed by atoms with Gasteiger partial charge in [0, 0.05) is 17.8 Å². The Kier molecular flexibility index (Phi) is 5.99. The summed E-state index contributed by atoms with van der Waals surface area (Å²) in [5, 5.41) is 2.87. The highest BCUT2D eigenvalue weighted by molar-refractivity contribution is 7.92. The standard InChI is InChI=1S/C20H24N4O3S/c1-3-12-28(26,27)23-16-9-7-8-15(13-16)20(25)21-14-19-22-17-10-5-6-11-18(17)24(19)4-2/h5-11,13,23H,3-4,12,14H2,1-2H3,(H,21,25). The van der Waals surface area contributed by atoms with E-state index in [0.717, 1.165) is 23.4 Å². The zero-order chi connectivity index (χ0) is 20.1. The normalized spacial score (nSPS) is 11.5. The number of para-hydroxylation sites is 2. The van der Waals surface area contributed by atoms with Gasteiger partial charge in [0.15, 0.2) is 0 Å². The molecule has 7 nitrogen and oxygen atoms in total. The molecule has 2 N–H and O–H groups in total. The first-order chi connectivity index (χ1) is 13.4. The first-order valence-electron chi connectivity index (χ1n) is 9.26. The summed E-state index contributed by atoms with van der Waals surface area (Å²) in [6.07, 6.45) is 0.522. The van der Waals surface area contributed by atoms with Crippen molar-refractivity contribution in [2.24, 2.45) is 0 Å². The number of amides is 1. The van der Waals surface area contributed by atoms with E-state index in [-0.39, 0.29) is 18.2 Å². The van der Waals surface area contributed by atoms with Crippen molar-refractivity contribution < 1.29 is 13.2 Å². The number of imidazole rings is 1. The number of carbonyl (C=O) groups is 1. The Morgan fingerprint density at radius 1 is 1.11 bits per heavy atom. The average Bonchev–Trinajstić information content (AvgIpc) is 3.03. The van der Waals surface area contributed by atoms with Crippen molar-refractivity contribution in [3.05, 3.63) is 59.9 Å². The molecule has 2 aromatic carbocycles. The summed E-state index contributed by atoms with van der Waals surface area (Å²) in [5.41, 5.74) is 2.68. The predicted octanol–water partition coefficient (Wildman–Crippen LogP) is 3.14. The summed E-state index contributed by atoms with van der Waals surface area (Å²) in [7, 11) is -3.40. The number of carbonyl (C=O) groups excluding carboxylic acids is 1. The third-order valence-electron chi connectivity index (χ3n) is 4.33. The van der Waals surface area contributed by atoms with Crippen LogP contribution < -0.4 is 10.0 Å². The van der Waals surface area contributed by atoms with Crippen LogP contribution in [0.3, 0.4) is 0 Å². The highest BCUT2D eigenvalue weighted by Crippen LogP contribution is 2.16. The molecule has 0 aliphatic rings. The molecular formula is C20H24N4O3S. The molecule has 3 aromatic rings. The van der Waals surface area contributed by atoms with Crippen LogP contribution in [0, 0.1) is 0 Å². The number of rotatable bonds is 8. The van der Waals surface area contributed by atoms with Crippen LogP contribution in [0.2, 0.25) is 0 Å². The Morgan fingerprint density at radius 2 is 1.89 bits per heavy atom. The highest BCUT2D eigenvalue weighted by Gasteiger charge is 2.13. The van der Waals surface area contributed by atoms with Crippen LogP contribution in [0.1, 0.15) is 36.5 Å². The van der Waals surface area contributed by atoms with Gasteiger partial charge in [-0.15, -0.1) is 0 Å². The van der Waals surface area contributed by atoms with Gasteiger partial charge in [-0.05, 0) is 43.7 Å². The number of benzene rings is 2. The van der Waals surface area contributed by atoms with E-state index in [1.807, 2.05) is 31.2 Å². The van der Waals surface area contributed by atoms with Crippen LogP contribution in [0.15, 0.2) is 48.5 Å². The third-order valence-corrected chi connectivity index (χ3v) is 5.82. The van der Waals surface area contributed by atoms with Gasteiger partial charge < -0.3 is 9.88 Å². The molecule has 1 heterocycles. The van der Waals surface area contributed by atoms with Gasteiger partial charge in [-0.2, -0.15) is 0 Å². The topological polar surface area (TPSA) is 93.1 Å². The van der Waals surface area contributed by atoms with Crippen molar-refractivity contribution in [3.63, 3.8) is 0 Å². The van der Waals surface area contributed by atoms with Crippen LogP contribution >= 0.6 is 0 Å². The largest absolute Gasteiger partial charge is 0.345 e. The third kappa shape index (κ3) is 4.51. The lowest BCUT2D eigenvalue weighted by molar-refractivity contribution is 0.0949. The molecule has 0 bridgehead atoms. The maximum atomic E-state index is 12.6. The van der Waals surface area contributed by atoms with Gasteiger partial charge in [-0.3, -0.25) is 9.52 Å². The van der Waals surface area contributed by atoms with Crippen LogP contribution in [0.5, 0.6) is 0 Å². The van der Waals surface area contributed by atoms with Gasteiger partial charge >= 0.3 is 0 Å². The molecule has 0 radical (unpaired) electrons. The Bertz CT molecular complexity index is 1090. The minimum atomic E-state index is -3.40. The quantitative estimate of drug-likeness (QED) is 0.607. The number of anilines is 1. The molecule has 0 unspecified atom stereocenters. The van der Waals surface area contributed by atoms with Gasteiger partial charge in [0.05, 0.1) is 23.3 Å². The van der Waals surface area contributed by atoms with Crippen molar-refractivity contribution in [3.8, 4) is 0 Å². The number of hydrogen-bond acceptors (Lipinski definition) is 4. The van der Waals surface area contributed by atoms with Gasteiger partial charge in [0.25, 0.3) is 5.91 Å². The van der Waals surface area contributed by atoms with Crippen molar-refractivity contribution in [2.45, 2.75) is 33.4 Å². The second-order valence-corrected chi connectivity index (χ2v) is 8.29. The Hall–Kier alpha value is -2.87. The molecule has 1 aromatic heterocycles. The average molecular weight is 401 g/mol. The number of aryl methyl sites for hydroxylation is 1. The SMILES string of the molecule is CCCS(=O)(=O)Nc1cccc(C(=O)NCc2nc3ccccc3n2CC)c1. The number of nitrogens with one attached hydrogen (secondary N) is 2. The fraction of sp³-hybridized carbons (Fsp3) is 0.300. The van der Waals surface area contributed by atoms with E-state index in [0.29, 0.717) is 17.7 Å². The monoisotopic (exact) mass is 400 g/mol. The Balaban J connectivity index is 1.73. The summed E-state index contributed by atoms with van der Waals surface area (Å²) < 4.78 is 28.4. The van der Waals surface area contributed by atoms with E-state index in [2.05, 4.69) is 19.6 Å². The number of hydrogen-bond donors (Lipinski definition) is 2. The van der Waals surface area contributed by atoms with Crippen molar-refractivity contribution in [2.75, 3.05) is 10.5 Å². The summed E-state index contributed by atoms with van der Waals surface area (Å²) in [5.74, 6) is 0.527. The van der Waals surface area contributed by atoms with E-state index in [1.165, 1.54) is 6.07 Å². The molecule has 0 saturated carbocycles. The molecule has 0 fully saturated rings. The van der Waals surface area contributed by atoms with Gasteiger partial charge in [-0.25, -0.2) is 13.4 Å². The van der Waals surface area contributed by atoms with E-state index in [1.54, 1.807) is 25.1 Å². The second-order valence-electron chi connectivity index (χ2n) is 6.45. The smallest absolute Gasteiger partial charge is 0.251 e. The maximum Gasteiger partial charge on any atom is 0.251 e. The lowest BCUT2D eigenvalue weighted by Gasteiger charge is -2.10. The number of nitrogens with zero attached hydrogens (tertiary/aromatic N) is 2. The molecule has 0 spiro atoms. The lowest BCUT2D eigenvalue weighted by Crippen LogP contribution is -2.25. The lowest BCUT2D eigenvalue weighted by atomic mass is 10.2. The summed E-state index contributed by atoms with van der Waals surface area (Å²) in [6, 6.07) is 14.3. The van der Waals surface area contributed by atoms with Crippen molar-refractivity contribution in [1.29, 1.82) is 0 Å². The molecule has 3 rings (SSSR count). The van der Waals surface area contributed by atoms with Crippen LogP contribution in [-0.2, 0) is 23.1 Å². The van der Waals surface area contributed by atoms with E-state index in [4.69, 9.17) is 0 Å². The molecule has 148 valence electrons. The summed E-state index contributed by atoms with van der Waals surface area (Å²) in [6.45, 7) is 4.87. The Morgan fingerprint density at radius 3 is 2.64 bits per heavy atom. The molecule has 0 aliphatic carbocycles. The molecule has 1 amide bonds. The zero-order valence-corrected chi connectivity index (χ0v) is 16.8. The van der Waals surface area contributed by atoms with Crippen molar-refractivity contribution >= 4 is 32.7 Å². The summed E-state index contributed by atoms with van der Waals surface area (Å²) >= 11 is 0. The molecule has 0 atom stereocenters. The van der Waals surface area contributed by atoms with Gasteiger partial charge in [0.1, 0.15) is 5.82 Å². The molecule has 0 aliphatic heterocycles. The van der Waals surface area contributed by atoms with Crippen LogP contribution in [-0.4, -0.2) is 29.6 Å². The minimum Gasteiger partial charge on any atom is -0.345 e. The van der Waals surface area contributed by atoms with Gasteiger partial charge in [0.2, 0.25) is 10.0 Å². The maximum absolute atomic E-state index is 12.6. The number of aromatic nitrogens is 2. The molecule has 28 heavy (non-hydrogen) atoms. The van der Waals surface area contributed by atoms with E-state index >= 15 is 0 Å². The van der Waals surface area contributed by atoms with Crippen LogP contribution in [0.4, 0.5) is 5.69 Å². The molecule has 0 saturated heterocycles. The Labute approximate surface area is 164 Å². The number of fused-ring (bicyclic) bond motifs is 1. The first kappa shape index (κ1) is 19.9.